The molecule has 94 valence electrons. The third kappa shape index (κ3) is 0.918. The Labute approximate surface area is 106 Å². The monoisotopic (exact) mass is 244 g/mol. The highest BCUT2D eigenvalue weighted by atomic mass is 16.6. The van der Waals surface area contributed by atoms with Crippen LogP contribution in [0.2, 0.25) is 0 Å². The first-order chi connectivity index (χ1) is 8.74. The molecule has 0 aromatic carbocycles. The zero-order valence-corrected chi connectivity index (χ0v) is 10.1. The van der Waals surface area contributed by atoms with Crippen molar-refractivity contribution in [2.75, 3.05) is 0 Å². The second kappa shape index (κ2) is 2.89. The Morgan fingerprint density at radius 3 is 2.44 bits per heavy atom. The fourth-order valence-electron chi connectivity index (χ4n) is 6.21. The molecular weight excluding hydrogens is 228 g/mol. The van der Waals surface area contributed by atoms with Crippen LogP contribution in [0.5, 0.6) is 0 Å². The van der Waals surface area contributed by atoms with Crippen LogP contribution in [-0.4, -0.2) is 11.9 Å². The lowest BCUT2D eigenvalue weighted by molar-refractivity contribution is -0.174. The molecule has 0 aromatic heterocycles. The Morgan fingerprint density at radius 1 is 0.944 bits per heavy atom. The predicted octanol–water partition coefficient (Wildman–Crippen LogP) is 1.78. The number of cyclic esters (lactones) is 2. The first-order valence-electron chi connectivity index (χ1n) is 7.17. The number of fused-ring (bicyclic) bond motifs is 12. The summed E-state index contributed by atoms with van der Waals surface area (Å²) >= 11 is 0. The quantitative estimate of drug-likeness (QED) is 0.282. The minimum Gasteiger partial charge on any atom is -0.393 e. The molecular formula is C15H16O3. The van der Waals surface area contributed by atoms with Gasteiger partial charge in [-0.25, -0.2) is 0 Å². The first kappa shape index (κ1) is 9.76. The summed E-state index contributed by atoms with van der Waals surface area (Å²) in [5.74, 6) is 3.90. The van der Waals surface area contributed by atoms with E-state index in [-0.39, 0.29) is 17.9 Å². The Hall–Kier alpha value is -1.12. The molecule has 4 fully saturated rings. The van der Waals surface area contributed by atoms with Crippen LogP contribution in [0.1, 0.15) is 19.3 Å². The number of rotatable bonds is 0. The van der Waals surface area contributed by atoms with Crippen LogP contribution in [0.25, 0.3) is 0 Å². The lowest BCUT2D eigenvalue weighted by atomic mass is 9.63. The number of carbonyl (C=O) groups excluding carboxylic acids is 2. The Morgan fingerprint density at radius 2 is 1.67 bits per heavy atom. The molecule has 8 atom stereocenters. The summed E-state index contributed by atoms with van der Waals surface area (Å²) in [7, 11) is 0. The van der Waals surface area contributed by atoms with Gasteiger partial charge in [-0.3, -0.25) is 9.59 Å². The molecule has 8 unspecified atom stereocenters. The smallest absolute Gasteiger partial charge is 0.317 e. The van der Waals surface area contributed by atoms with Crippen molar-refractivity contribution in [3.05, 3.63) is 12.2 Å². The van der Waals surface area contributed by atoms with E-state index < -0.39 is 0 Å². The topological polar surface area (TPSA) is 43.4 Å². The molecule has 0 aromatic rings. The molecule has 3 saturated carbocycles. The molecule has 5 rings (SSSR count). The number of hydrogen-bond acceptors (Lipinski definition) is 3. The van der Waals surface area contributed by atoms with Gasteiger partial charge in [0.15, 0.2) is 0 Å². The molecule has 0 amide bonds. The SMILES string of the molecule is O=C1CC2C3CC(C2C(=O)O1)C1C2C=CC(C2)C31. The number of hydrogen-bond donors (Lipinski definition) is 0. The summed E-state index contributed by atoms with van der Waals surface area (Å²) in [5.41, 5.74) is 0. The molecule has 1 aliphatic heterocycles. The van der Waals surface area contributed by atoms with Crippen LogP contribution in [-0.2, 0) is 14.3 Å². The largest absolute Gasteiger partial charge is 0.393 e. The molecule has 0 spiro atoms. The van der Waals surface area contributed by atoms with E-state index in [0.717, 1.165) is 11.8 Å². The van der Waals surface area contributed by atoms with E-state index in [2.05, 4.69) is 12.2 Å². The van der Waals surface area contributed by atoms with Gasteiger partial charge in [-0.05, 0) is 54.3 Å². The predicted molar refractivity (Wildman–Crippen MR) is 62.0 cm³/mol. The van der Waals surface area contributed by atoms with E-state index in [1.165, 1.54) is 12.8 Å². The highest BCUT2D eigenvalue weighted by Gasteiger charge is 2.67. The van der Waals surface area contributed by atoms with Crippen LogP contribution >= 0.6 is 0 Å². The van der Waals surface area contributed by atoms with Crippen molar-refractivity contribution in [1.29, 1.82) is 0 Å². The zero-order chi connectivity index (χ0) is 12.0. The molecule has 18 heavy (non-hydrogen) atoms. The van der Waals surface area contributed by atoms with E-state index in [9.17, 15) is 9.59 Å². The molecule has 0 N–H and O–H groups in total. The van der Waals surface area contributed by atoms with Gasteiger partial charge in [0.05, 0.1) is 5.92 Å². The summed E-state index contributed by atoms with van der Waals surface area (Å²) in [5, 5.41) is 0. The van der Waals surface area contributed by atoms with E-state index in [0.29, 0.717) is 36.0 Å². The van der Waals surface area contributed by atoms with Crippen LogP contribution in [0.4, 0.5) is 0 Å². The van der Waals surface area contributed by atoms with Gasteiger partial charge in [0, 0.05) is 6.42 Å². The fraction of sp³-hybridized carbons (Fsp3) is 0.733. The maximum absolute atomic E-state index is 12.0. The Bertz CT molecular complexity index is 494. The lowest BCUT2D eigenvalue weighted by Gasteiger charge is -2.42. The van der Waals surface area contributed by atoms with Crippen LogP contribution in [0.15, 0.2) is 12.2 Å². The van der Waals surface area contributed by atoms with Crippen molar-refractivity contribution in [1.82, 2.24) is 0 Å². The first-order valence-corrected chi connectivity index (χ1v) is 7.17. The van der Waals surface area contributed by atoms with E-state index in [1.807, 2.05) is 0 Å². The molecule has 5 aliphatic rings. The second-order valence-corrected chi connectivity index (χ2v) is 6.85. The van der Waals surface area contributed by atoms with Gasteiger partial charge < -0.3 is 4.74 Å². The zero-order valence-electron chi connectivity index (χ0n) is 10.1. The molecule has 1 saturated heterocycles. The van der Waals surface area contributed by atoms with E-state index >= 15 is 0 Å². The van der Waals surface area contributed by atoms with Crippen molar-refractivity contribution in [3.8, 4) is 0 Å². The molecule has 0 radical (unpaired) electrons. The number of esters is 2. The maximum Gasteiger partial charge on any atom is 0.317 e. The average Bonchev–Trinajstić information content (AvgIpc) is 3.05. The number of allylic oxidation sites excluding steroid dienone is 2. The van der Waals surface area contributed by atoms with Crippen molar-refractivity contribution >= 4 is 11.9 Å². The lowest BCUT2D eigenvalue weighted by Crippen LogP contribution is -2.45. The van der Waals surface area contributed by atoms with Gasteiger partial charge in [0.2, 0.25) is 0 Å². The van der Waals surface area contributed by atoms with Gasteiger partial charge in [-0.1, -0.05) is 12.2 Å². The fourth-order valence-corrected chi connectivity index (χ4v) is 6.21. The van der Waals surface area contributed by atoms with Gasteiger partial charge in [-0.2, -0.15) is 0 Å². The van der Waals surface area contributed by atoms with Crippen molar-refractivity contribution in [2.24, 2.45) is 47.3 Å². The summed E-state index contributed by atoms with van der Waals surface area (Å²) < 4.78 is 4.89. The summed E-state index contributed by atoms with van der Waals surface area (Å²) in [6.07, 6.45) is 7.72. The third-order valence-electron chi connectivity index (χ3n) is 6.48. The Balaban J connectivity index is 1.58. The van der Waals surface area contributed by atoms with Crippen LogP contribution in [0, 0.1) is 47.3 Å². The molecule has 4 bridgehead atoms. The maximum atomic E-state index is 12.0. The summed E-state index contributed by atoms with van der Waals surface area (Å²) in [6.45, 7) is 0. The van der Waals surface area contributed by atoms with Crippen molar-refractivity contribution < 1.29 is 14.3 Å². The normalized spacial score (nSPS) is 58.9. The minimum absolute atomic E-state index is 0.0432. The van der Waals surface area contributed by atoms with Crippen LogP contribution in [0.3, 0.4) is 0 Å². The summed E-state index contributed by atoms with van der Waals surface area (Å²) in [6, 6.07) is 0. The van der Waals surface area contributed by atoms with Crippen LogP contribution < -0.4 is 0 Å². The highest BCUT2D eigenvalue weighted by Crippen LogP contribution is 2.69. The van der Waals surface area contributed by atoms with Gasteiger partial charge >= 0.3 is 11.9 Å². The number of ether oxygens (including phenoxy) is 1. The standard InChI is InChI=1S/C15H16O3/c16-11-5-9-8-4-10(14(9)15(17)18-11)13-7-2-1-6(3-7)12(8)13/h1-2,6-10,12-14H,3-5H2. The average molecular weight is 244 g/mol. The number of carbonyl (C=O) groups is 2. The summed E-state index contributed by atoms with van der Waals surface area (Å²) in [4.78, 5) is 23.5. The van der Waals surface area contributed by atoms with Crippen molar-refractivity contribution in [3.63, 3.8) is 0 Å². The third-order valence-corrected chi connectivity index (χ3v) is 6.48. The Kier molecular flexibility index (Phi) is 1.57. The molecule has 1 heterocycles. The second-order valence-electron chi connectivity index (χ2n) is 6.85. The highest BCUT2D eigenvalue weighted by molar-refractivity contribution is 5.90. The minimum atomic E-state index is -0.288. The van der Waals surface area contributed by atoms with Gasteiger partial charge in [0.25, 0.3) is 0 Å². The van der Waals surface area contributed by atoms with Gasteiger partial charge in [-0.15, -0.1) is 0 Å². The van der Waals surface area contributed by atoms with Gasteiger partial charge in [0.1, 0.15) is 0 Å². The van der Waals surface area contributed by atoms with E-state index in [1.54, 1.807) is 0 Å². The van der Waals surface area contributed by atoms with Crippen molar-refractivity contribution in [2.45, 2.75) is 19.3 Å². The molecule has 3 heteroatoms. The molecule has 4 aliphatic carbocycles. The van der Waals surface area contributed by atoms with E-state index in [4.69, 9.17) is 4.74 Å². The molecule has 3 nitrogen and oxygen atoms in total.